The summed E-state index contributed by atoms with van der Waals surface area (Å²) in [4.78, 5) is 13.1. The van der Waals surface area contributed by atoms with Gasteiger partial charge in [-0.05, 0) is 108 Å². The molecule has 1 N–H and O–H groups in total. The van der Waals surface area contributed by atoms with Crippen LogP contribution in [0.2, 0.25) is 0 Å². The monoisotopic (exact) mass is 619 g/mol. The average Bonchev–Trinajstić information content (AvgIpc) is 2.95. The third-order valence-electron chi connectivity index (χ3n) is 9.38. The SMILES string of the molecule is COc1ccc([C@]2(CCN(Cc3ccc(C4=CC[C@@H](C(=O)O)CC4)c(F)c3)CC(C)(C)C(F)(F)F)CCOC(C)(C)C2)cc1. The normalized spacial score (nSPS) is 22.5. The van der Waals surface area contributed by atoms with E-state index in [0.717, 1.165) is 23.3 Å². The van der Waals surface area contributed by atoms with Gasteiger partial charge in [0.1, 0.15) is 11.6 Å². The maximum atomic E-state index is 15.4. The van der Waals surface area contributed by atoms with Gasteiger partial charge in [0.15, 0.2) is 0 Å². The molecule has 0 spiro atoms. The number of allylic oxidation sites excluding steroid dienone is 2. The molecular weight excluding hydrogens is 574 g/mol. The zero-order valence-electron chi connectivity index (χ0n) is 26.4. The van der Waals surface area contributed by atoms with Crippen LogP contribution in [0.5, 0.6) is 5.75 Å². The maximum absolute atomic E-state index is 15.4. The Morgan fingerprint density at radius 2 is 1.84 bits per heavy atom. The van der Waals surface area contributed by atoms with E-state index in [4.69, 9.17) is 9.47 Å². The molecule has 0 unspecified atom stereocenters. The van der Waals surface area contributed by atoms with Gasteiger partial charge >= 0.3 is 12.1 Å². The van der Waals surface area contributed by atoms with Gasteiger partial charge in [0, 0.05) is 30.7 Å². The van der Waals surface area contributed by atoms with Crippen LogP contribution in [-0.4, -0.2) is 54.6 Å². The van der Waals surface area contributed by atoms with E-state index in [1.165, 1.54) is 19.9 Å². The smallest absolute Gasteiger partial charge is 0.395 e. The first-order chi connectivity index (χ1) is 20.5. The Bertz CT molecular complexity index is 1340. The molecule has 0 radical (unpaired) electrons. The third-order valence-corrected chi connectivity index (χ3v) is 9.38. The second-order valence-corrected chi connectivity index (χ2v) is 13.7. The lowest BCUT2D eigenvalue weighted by Gasteiger charge is -2.46. The van der Waals surface area contributed by atoms with Crippen LogP contribution < -0.4 is 4.74 Å². The van der Waals surface area contributed by atoms with Crippen molar-refractivity contribution in [2.45, 2.75) is 90.0 Å². The van der Waals surface area contributed by atoms with Crippen LogP contribution in [0.15, 0.2) is 48.5 Å². The molecule has 1 aliphatic heterocycles. The summed E-state index contributed by atoms with van der Waals surface area (Å²) in [6, 6.07) is 12.8. The Kier molecular flexibility index (Phi) is 10.2. The minimum absolute atomic E-state index is 0.162. The van der Waals surface area contributed by atoms with Crippen LogP contribution in [0.3, 0.4) is 0 Å². The first-order valence-electron chi connectivity index (χ1n) is 15.3. The molecule has 0 bridgehead atoms. The van der Waals surface area contributed by atoms with Crippen LogP contribution in [0, 0.1) is 17.2 Å². The fraction of sp³-hybridized carbons (Fsp3) is 0.571. The number of alkyl halides is 3. The second kappa shape index (κ2) is 13.2. The number of aliphatic carboxylic acids is 1. The van der Waals surface area contributed by atoms with Gasteiger partial charge in [0.25, 0.3) is 0 Å². The molecule has 1 fully saturated rings. The Labute approximate surface area is 258 Å². The number of hydrogen-bond acceptors (Lipinski definition) is 4. The Morgan fingerprint density at radius 1 is 1.14 bits per heavy atom. The van der Waals surface area contributed by atoms with Crippen molar-refractivity contribution in [3.63, 3.8) is 0 Å². The van der Waals surface area contributed by atoms with Crippen molar-refractivity contribution < 1.29 is 36.9 Å². The number of ether oxygens (including phenoxy) is 2. The molecule has 0 aromatic heterocycles. The van der Waals surface area contributed by atoms with Crippen molar-refractivity contribution in [3.8, 4) is 5.75 Å². The van der Waals surface area contributed by atoms with Gasteiger partial charge in [0.05, 0.1) is 24.0 Å². The van der Waals surface area contributed by atoms with E-state index in [2.05, 4.69) is 0 Å². The number of methoxy groups -OCH3 is 1. The summed E-state index contributed by atoms with van der Waals surface area (Å²) < 4.78 is 69.0. The lowest BCUT2D eigenvalue weighted by molar-refractivity contribution is -0.217. The maximum Gasteiger partial charge on any atom is 0.395 e. The molecule has 1 aliphatic carbocycles. The van der Waals surface area contributed by atoms with E-state index in [-0.39, 0.29) is 18.5 Å². The summed E-state index contributed by atoms with van der Waals surface area (Å²) in [7, 11) is 1.61. The summed E-state index contributed by atoms with van der Waals surface area (Å²) >= 11 is 0. The number of carboxylic acids is 1. The van der Waals surface area contributed by atoms with Gasteiger partial charge < -0.3 is 14.6 Å². The van der Waals surface area contributed by atoms with Crippen LogP contribution in [0.4, 0.5) is 17.6 Å². The quantitative estimate of drug-likeness (QED) is 0.256. The van der Waals surface area contributed by atoms with E-state index < -0.39 is 34.9 Å². The average molecular weight is 620 g/mol. The summed E-state index contributed by atoms with van der Waals surface area (Å²) in [5.74, 6) is -1.02. The number of hydrogen-bond donors (Lipinski definition) is 1. The van der Waals surface area contributed by atoms with E-state index in [1.807, 2.05) is 38.1 Å². The predicted molar refractivity (Wildman–Crippen MR) is 163 cm³/mol. The molecule has 1 saturated heterocycles. The van der Waals surface area contributed by atoms with Gasteiger partial charge in [-0.15, -0.1) is 0 Å². The van der Waals surface area contributed by atoms with Gasteiger partial charge in [-0.2, -0.15) is 13.2 Å². The molecule has 2 aliphatic rings. The lowest BCUT2D eigenvalue weighted by atomic mass is 9.67. The van der Waals surface area contributed by atoms with Crippen molar-refractivity contribution >= 4 is 11.5 Å². The summed E-state index contributed by atoms with van der Waals surface area (Å²) in [6.45, 7) is 7.36. The molecular formula is C35H45F4NO4. The highest BCUT2D eigenvalue weighted by Gasteiger charge is 2.48. The molecule has 4 rings (SSSR count). The minimum Gasteiger partial charge on any atom is -0.497 e. The third kappa shape index (κ3) is 8.02. The van der Waals surface area contributed by atoms with Gasteiger partial charge in [0.2, 0.25) is 0 Å². The van der Waals surface area contributed by atoms with Crippen LogP contribution >= 0.6 is 0 Å². The summed E-state index contributed by atoms with van der Waals surface area (Å²) in [5.41, 5.74) is 0.200. The molecule has 44 heavy (non-hydrogen) atoms. The zero-order chi connectivity index (χ0) is 32.3. The number of carboxylic acid groups (broad SMARTS) is 1. The van der Waals surface area contributed by atoms with Crippen LogP contribution in [0.25, 0.3) is 5.57 Å². The number of carbonyl (C=O) groups is 1. The molecule has 5 nitrogen and oxygen atoms in total. The lowest BCUT2D eigenvalue weighted by Crippen LogP contribution is -2.47. The molecule has 2 aromatic rings. The number of rotatable bonds is 11. The van der Waals surface area contributed by atoms with Crippen molar-refractivity contribution in [3.05, 3.63) is 71.0 Å². The summed E-state index contributed by atoms with van der Waals surface area (Å²) in [6.07, 6.45) is 0.697. The van der Waals surface area contributed by atoms with E-state index >= 15 is 4.39 Å². The van der Waals surface area contributed by atoms with Crippen molar-refractivity contribution in [2.75, 3.05) is 26.8 Å². The van der Waals surface area contributed by atoms with Gasteiger partial charge in [-0.25, -0.2) is 4.39 Å². The van der Waals surface area contributed by atoms with Crippen LogP contribution in [0.1, 0.15) is 82.9 Å². The fourth-order valence-corrected chi connectivity index (χ4v) is 6.74. The molecule has 0 amide bonds. The fourth-order valence-electron chi connectivity index (χ4n) is 6.74. The Balaban J connectivity index is 1.60. The minimum atomic E-state index is -4.41. The van der Waals surface area contributed by atoms with Crippen molar-refractivity contribution in [1.29, 1.82) is 0 Å². The van der Waals surface area contributed by atoms with Gasteiger partial charge in [-0.3, -0.25) is 9.69 Å². The first kappa shape index (κ1) is 34.0. The van der Waals surface area contributed by atoms with Gasteiger partial charge in [-0.1, -0.05) is 30.3 Å². The first-order valence-corrected chi connectivity index (χ1v) is 15.3. The Morgan fingerprint density at radius 3 is 2.39 bits per heavy atom. The number of halogens is 4. The summed E-state index contributed by atoms with van der Waals surface area (Å²) in [5, 5.41) is 9.27. The van der Waals surface area contributed by atoms with E-state index in [1.54, 1.807) is 30.2 Å². The topological polar surface area (TPSA) is 59.0 Å². The second-order valence-electron chi connectivity index (χ2n) is 13.7. The molecule has 9 heteroatoms. The number of nitrogens with zero attached hydrogens (tertiary/aromatic N) is 1. The molecule has 2 aromatic carbocycles. The van der Waals surface area contributed by atoms with E-state index in [9.17, 15) is 23.1 Å². The van der Waals surface area contributed by atoms with Crippen molar-refractivity contribution in [2.24, 2.45) is 11.3 Å². The molecule has 0 saturated carbocycles. The predicted octanol–water partition coefficient (Wildman–Crippen LogP) is 8.41. The molecule has 1 heterocycles. The molecule has 2 atom stereocenters. The molecule has 242 valence electrons. The highest BCUT2D eigenvalue weighted by molar-refractivity contribution is 5.74. The van der Waals surface area contributed by atoms with Crippen LogP contribution in [-0.2, 0) is 21.5 Å². The largest absolute Gasteiger partial charge is 0.497 e. The van der Waals surface area contributed by atoms with Crippen molar-refractivity contribution in [1.82, 2.24) is 4.90 Å². The number of benzene rings is 2. The zero-order valence-corrected chi connectivity index (χ0v) is 26.4. The highest BCUT2D eigenvalue weighted by atomic mass is 19.4. The highest BCUT2D eigenvalue weighted by Crippen LogP contribution is 2.45. The van der Waals surface area contributed by atoms with E-state index in [0.29, 0.717) is 56.4 Å². The standard InChI is InChI=1S/C35H45F4NO4/c1-32(2,35(37,38)39)23-40(21-24-6-15-29(30(36)20-24)25-7-9-26(10-8-25)31(41)42)18-16-34(17-19-44-33(3,4)22-34)27-11-13-28(43-5)14-12-27/h6-7,11-15,20,26H,8-10,16-19,21-23H2,1-5H3,(H,41,42)/t26-,34-/m1/s1. The Hall–Kier alpha value is -2.91.